The summed E-state index contributed by atoms with van der Waals surface area (Å²) in [6.07, 6.45) is 0.00822. The predicted octanol–water partition coefficient (Wildman–Crippen LogP) is 3.19. The van der Waals surface area contributed by atoms with Crippen LogP contribution >= 0.6 is 33.9 Å². The predicted molar refractivity (Wildman–Crippen MR) is 145 cm³/mol. The molecule has 2 aromatic carbocycles. The third-order valence-corrected chi connectivity index (χ3v) is 10.1. The van der Waals surface area contributed by atoms with E-state index < -0.39 is 9.84 Å². The van der Waals surface area contributed by atoms with Crippen molar-refractivity contribution in [1.82, 2.24) is 14.4 Å². The van der Waals surface area contributed by atoms with Gasteiger partial charge in [0.15, 0.2) is 14.6 Å². The summed E-state index contributed by atoms with van der Waals surface area (Å²) in [5, 5.41) is 1.89. The quantitative estimate of drug-likeness (QED) is 0.401. The molecule has 0 atom stereocenters. The molecule has 0 N–H and O–H groups in total. The first-order chi connectivity index (χ1) is 16.2. The third-order valence-electron chi connectivity index (χ3n) is 6.41. The number of halogens is 1. The van der Waals surface area contributed by atoms with Crippen molar-refractivity contribution in [3.05, 3.63) is 55.3 Å². The van der Waals surface area contributed by atoms with E-state index in [1.807, 2.05) is 31.3 Å². The summed E-state index contributed by atoms with van der Waals surface area (Å²) in [4.78, 5) is 23.8. The first-order valence-corrected chi connectivity index (χ1v) is 14.7. The van der Waals surface area contributed by atoms with Crippen molar-refractivity contribution in [2.24, 2.45) is 12.0 Å². The molecule has 7 nitrogen and oxygen atoms in total. The molecule has 182 valence electrons. The van der Waals surface area contributed by atoms with E-state index in [4.69, 9.17) is 0 Å². The van der Waals surface area contributed by atoms with Gasteiger partial charge in [-0.1, -0.05) is 12.1 Å². The Morgan fingerprint density at radius 1 is 1.09 bits per heavy atom. The topological polar surface area (TPSA) is 75.0 Å². The number of benzene rings is 2. The van der Waals surface area contributed by atoms with Crippen LogP contribution in [-0.4, -0.2) is 67.7 Å². The number of amides is 1. The molecule has 1 saturated heterocycles. The van der Waals surface area contributed by atoms with Crippen LogP contribution in [0.4, 0.5) is 0 Å². The number of carbonyl (C=O) groups excluding carboxylic acids is 1. The Kier molecular flexibility index (Phi) is 7.80. The molecule has 2 heterocycles. The smallest absolute Gasteiger partial charge is 0.223 e. The Morgan fingerprint density at radius 2 is 1.76 bits per heavy atom. The highest BCUT2D eigenvalue weighted by atomic mass is 127. The van der Waals surface area contributed by atoms with E-state index in [9.17, 15) is 13.2 Å². The minimum absolute atomic E-state index is 0.00822. The fraction of sp³-hybridized carbons (Fsp3) is 0.417. The van der Waals surface area contributed by atoms with Crippen LogP contribution in [0.2, 0.25) is 0 Å². The van der Waals surface area contributed by atoms with Gasteiger partial charge in [-0.15, -0.1) is 11.3 Å². The average Bonchev–Trinajstić information content (AvgIpc) is 3.10. The Labute approximate surface area is 218 Å². The van der Waals surface area contributed by atoms with Gasteiger partial charge in [-0.2, -0.15) is 0 Å². The lowest BCUT2D eigenvalue weighted by Crippen LogP contribution is -2.48. The van der Waals surface area contributed by atoms with Crippen LogP contribution in [0.15, 0.2) is 46.3 Å². The van der Waals surface area contributed by atoms with E-state index >= 15 is 0 Å². The number of aromatic nitrogens is 1. The van der Waals surface area contributed by atoms with Gasteiger partial charge in [-0.3, -0.25) is 14.7 Å². The van der Waals surface area contributed by atoms with Crippen LogP contribution in [0, 0.1) is 10.5 Å². The van der Waals surface area contributed by atoms with E-state index in [1.54, 1.807) is 35.4 Å². The number of fused-ring (bicyclic) bond motifs is 1. The fourth-order valence-electron chi connectivity index (χ4n) is 4.17. The Bertz CT molecular complexity index is 1390. The summed E-state index contributed by atoms with van der Waals surface area (Å²) in [6, 6.07) is 11.1. The highest BCUT2D eigenvalue weighted by Gasteiger charge is 2.24. The lowest BCUT2D eigenvalue weighted by atomic mass is 10.1. The molecule has 1 aliphatic rings. The molecule has 0 unspecified atom stereocenters. The molecule has 0 radical (unpaired) electrons. The molecule has 3 aromatic rings. The number of piperazine rings is 1. The number of hydrogen-bond donors (Lipinski definition) is 0. The van der Waals surface area contributed by atoms with Gasteiger partial charge >= 0.3 is 0 Å². The largest absolute Gasteiger partial charge is 0.340 e. The lowest BCUT2D eigenvalue weighted by molar-refractivity contribution is -0.132. The van der Waals surface area contributed by atoms with Gasteiger partial charge < -0.3 is 9.47 Å². The number of nitrogens with zero attached hydrogens (tertiary/aromatic N) is 4. The Balaban J connectivity index is 1.32. The van der Waals surface area contributed by atoms with Crippen molar-refractivity contribution in [3.8, 4) is 0 Å². The van der Waals surface area contributed by atoms with Crippen LogP contribution in [-0.2, 0) is 28.2 Å². The van der Waals surface area contributed by atoms with Crippen molar-refractivity contribution in [2.75, 3.05) is 39.0 Å². The normalized spacial score (nSPS) is 15.9. The molecule has 0 bridgehead atoms. The molecule has 0 spiro atoms. The minimum Gasteiger partial charge on any atom is -0.340 e. The zero-order valence-corrected chi connectivity index (χ0v) is 23.4. The Morgan fingerprint density at radius 3 is 2.44 bits per heavy atom. The van der Waals surface area contributed by atoms with Crippen LogP contribution in [0.3, 0.4) is 0 Å². The van der Waals surface area contributed by atoms with Crippen LogP contribution in [0.5, 0.6) is 0 Å². The number of sulfone groups is 1. The molecular formula is C24H29IN4O3S2. The SMILES string of the molecule is C/N=c1\sc(CN2CCN(C(=O)CCS(=O)(=O)c3ccc4cc(I)ccc4c3)CC2)c(C)n1C. The second kappa shape index (κ2) is 10.5. The summed E-state index contributed by atoms with van der Waals surface area (Å²) in [6.45, 7) is 5.75. The minimum atomic E-state index is -3.53. The van der Waals surface area contributed by atoms with Gasteiger partial charge in [0.1, 0.15) is 0 Å². The summed E-state index contributed by atoms with van der Waals surface area (Å²) >= 11 is 3.94. The van der Waals surface area contributed by atoms with Gasteiger partial charge in [0.25, 0.3) is 0 Å². The van der Waals surface area contributed by atoms with Gasteiger partial charge in [0, 0.05) is 67.4 Å². The number of thiazole rings is 1. The Hall–Kier alpha value is -1.76. The second-order valence-electron chi connectivity index (χ2n) is 8.55. The molecule has 0 aliphatic carbocycles. The van der Waals surface area contributed by atoms with Crippen molar-refractivity contribution >= 4 is 60.4 Å². The highest BCUT2D eigenvalue weighted by Crippen LogP contribution is 2.23. The molecule has 10 heteroatoms. The van der Waals surface area contributed by atoms with Crippen LogP contribution in [0.25, 0.3) is 10.8 Å². The average molecular weight is 613 g/mol. The first kappa shape index (κ1) is 25.3. The van der Waals surface area contributed by atoms with Gasteiger partial charge in [-0.25, -0.2) is 8.42 Å². The lowest BCUT2D eigenvalue weighted by Gasteiger charge is -2.34. The molecule has 1 amide bonds. The summed E-state index contributed by atoms with van der Waals surface area (Å²) in [7, 11) is 0.309. The van der Waals surface area contributed by atoms with E-state index in [1.165, 1.54) is 10.6 Å². The van der Waals surface area contributed by atoms with Gasteiger partial charge in [0.05, 0.1) is 10.6 Å². The maximum absolute atomic E-state index is 12.9. The molecule has 4 rings (SSSR count). The standard InChI is InChI=1S/C24H29IN4O3S2/c1-17-22(33-24(26-2)27(17)3)16-28-9-11-29(12-10-28)23(30)8-13-34(31,32)21-7-5-18-14-20(25)6-4-19(18)15-21/h4-7,14-15H,8-13,16H2,1-3H3/b26-24-. The molecule has 0 saturated carbocycles. The summed E-state index contributed by atoms with van der Waals surface area (Å²) < 4.78 is 29.0. The van der Waals surface area contributed by atoms with Crippen molar-refractivity contribution in [1.29, 1.82) is 0 Å². The first-order valence-electron chi connectivity index (χ1n) is 11.2. The number of rotatable bonds is 6. The monoisotopic (exact) mass is 612 g/mol. The highest BCUT2D eigenvalue weighted by molar-refractivity contribution is 14.1. The van der Waals surface area contributed by atoms with Gasteiger partial charge in [0.2, 0.25) is 5.91 Å². The van der Waals surface area contributed by atoms with Crippen molar-refractivity contribution < 1.29 is 13.2 Å². The van der Waals surface area contributed by atoms with E-state index in [0.29, 0.717) is 13.1 Å². The number of hydrogen-bond acceptors (Lipinski definition) is 6. The van der Waals surface area contributed by atoms with Crippen LogP contribution < -0.4 is 4.80 Å². The molecule has 1 fully saturated rings. The molecule has 34 heavy (non-hydrogen) atoms. The summed E-state index contributed by atoms with van der Waals surface area (Å²) in [5.74, 6) is -0.264. The fourth-order valence-corrected chi connectivity index (χ4v) is 7.06. The maximum Gasteiger partial charge on any atom is 0.223 e. The van der Waals surface area contributed by atoms with E-state index in [-0.39, 0.29) is 23.0 Å². The maximum atomic E-state index is 12.9. The van der Waals surface area contributed by atoms with Crippen molar-refractivity contribution in [3.63, 3.8) is 0 Å². The molecule has 1 aromatic heterocycles. The van der Waals surface area contributed by atoms with Gasteiger partial charge in [-0.05, 0) is 64.6 Å². The van der Waals surface area contributed by atoms with Crippen molar-refractivity contribution in [2.45, 2.75) is 24.8 Å². The number of carbonyl (C=O) groups is 1. The molecular weight excluding hydrogens is 583 g/mol. The summed E-state index contributed by atoms with van der Waals surface area (Å²) in [5.41, 5.74) is 1.22. The van der Waals surface area contributed by atoms with E-state index in [0.717, 1.165) is 38.8 Å². The zero-order valence-electron chi connectivity index (χ0n) is 19.6. The second-order valence-corrected chi connectivity index (χ2v) is 13.0. The van der Waals surface area contributed by atoms with E-state index in [2.05, 4.69) is 44.0 Å². The zero-order chi connectivity index (χ0) is 24.5. The van der Waals surface area contributed by atoms with Crippen LogP contribution in [0.1, 0.15) is 17.0 Å². The molecule has 1 aliphatic heterocycles. The third kappa shape index (κ3) is 5.55.